The summed E-state index contributed by atoms with van der Waals surface area (Å²) in [5, 5.41) is 19.5. The quantitative estimate of drug-likeness (QED) is 0.432. The number of hydrogen-bond donors (Lipinski definition) is 2. The molecule has 2 aromatic heterocycles. The van der Waals surface area contributed by atoms with Gasteiger partial charge in [-0.1, -0.05) is 36.3 Å². The minimum absolute atomic E-state index is 0.0338. The number of aromatic nitrogens is 2. The highest BCUT2D eigenvalue weighted by Gasteiger charge is 2.54. The monoisotopic (exact) mass is 485 g/mol. The van der Waals surface area contributed by atoms with E-state index in [4.69, 9.17) is 10.00 Å². The summed E-state index contributed by atoms with van der Waals surface area (Å²) in [5.41, 5.74) is -5.70. The van der Waals surface area contributed by atoms with Crippen molar-refractivity contribution < 1.29 is 27.8 Å². The number of rotatable bonds is 4. The molecule has 0 fully saturated rings. The summed E-state index contributed by atoms with van der Waals surface area (Å²) in [5.74, 6) is 3.37. The number of nitrogens with zero attached hydrogens (tertiary/aromatic N) is 2. The molecule has 182 valence electrons. The van der Waals surface area contributed by atoms with E-state index in [0.717, 1.165) is 16.7 Å². The van der Waals surface area contributed by atoms with Gasteiger partial charge >= 0.3 is 12.1 Å². The summed E-state index contributed by atoms with van der Waals surface area (Å²) in [7, 11) is 1.38. The third kappa shape index (κ3) is 4.79. The Kier molecular flexibility index (Phi) is 6.56. The van der Waals surface area contributed by atoms with Crippen LogP contribution in [0, 0.1) is 30.1 Å². The predicted molar refractivity (Wildman–Crippen MR) is 121 cm³/mol. The Labute approximate surface area is 198 Å². The fourth-order valence-corrected chi connectivity index (χ4v) is 3.57. The van der Waals surface area contributed by atoms with E-state index in [9.17, 15) is 27.9 Å². The van der Waals surface area contributed by atoms with Crippen LogP contribution in [0.3, 0.4) is 0 Å². The maximum atomic E-state index is 13.9. The van der Waals surface area contributed by atoms with E-state index in [-0.39, 0.29) is 34.1 Å². The fourth-order valence-electron chi connectivity index (χ4n) is 3.57. The number of H-pyrrole nitrogens is 1. The van der Waals surface area contributed by atoms with Crippen molar-refractivity contribution in [2.24, 2.45) is 7.05 Å². The molecule has 0 saturated carbocycles. The van der Waals surface area contributed by atoms with E-state index in [1.165, 1.54) is 52.2 Å². The molecule has 2 heterocycles. The van der Waals surface area contributed by atoms with Gasteiger partial charge in [-0.2, -0.15) is 18.4 Å². The Morgan fingerprint density at radius 3 is 2.43 bits per heavy atom. The molecule has 35 heavy (non-hydrogen) atoms. The smallest absolute Gasteiger partial charge is 0.433 e. The Hall–Kier alpha value is -4.02. The molecule has 0 amide bonds. The Balaban J connectivity index is 2.27. The Bertz CT molecular complexity index is 1450. The number of aromatic amines is 1. The highest BCUT2D eigenvalue weighted by Crippen LogP contribution is 2.38. The number of nitrogens with one attached hydrogen (secondary N) is 1. The summed E-state index contributed by atoms with van der Waals surface area (Å²) in [6.45, 7) is 4.56. The molecule has 0 aliphatic heterocycles. The number of fused-ring (bicyclic) bond motifs is 1. The van der Waals surface area contributed by atoms with Crippen LogP contribution < -0.4 is 5.56 Å². The first-order valence-corrected chi connectivity index (χ1v) is 10.4. The van der Waals surface area contributed by atoms with Crippen molar-refractivity contribution in [3.05, 3.63) is 69.3 Å². The van der Waals surface area contributed by atoms with Gasteiger partial charge in [0.25, 0.3) is 5.56 Å². The number of ether oxygens (including phenoxy) is 1. The topological polar surface area (TPSA) is 108 Å². The average molecular weight is 485 g/mol. The molecule has 0 spiro atoms. The first-order valence-electron chi connectivity index (χ1n) is 10.4. The number of aliphatic hydroxyl groups is 1. The Morgan fingerprint density at radius 2 is 1.86 bits per heavy atom. The lowest BCUT2D eigenvalue weighted by Gasteiger charge is -2.25. The average Bonchev–Trinajstić information content (AvgIpc) is 3.12. The number of aryl methyl sites for hydroxylation is 2. The molecule has 1 atom stereocenters. The SMILES string of the molecule is Cc1[nH]c2c(=O)n(C)cc(C#CC(O)(c3ccccc3)C(F)(F)F)c2c1C(=O)OC(C)(C)CC#N. The molecular formula is C25H22F3N3O4. The highest BCUT2D eigenvalue weighted by molar-refractivity contribution is 6.07. The standard InChI is InChI=1S/C25H22F3N3O4/c1-15-18(22(33)35-23(2,3)12-13-29)19-16(14-31(4)21(32)20(19)30-15)10-11-24(34,25(26,27)28)17-8-6-5-7-9-17/h5-9,14,30,34H,12H2,1-4H3. The second-order valence-corrected chi connectivity index (χ2v) is 8.64. The summed E-state index contributed by atoms with van der Waals surface area (Å²) >= 11 is 0. The lowest BCUT2D eigenvalue weighted by molar-refractivity contribution is -0.240. The van der Waals surface area contributed by atoms with Gasteiger partial charge in [-0.3, -0.25) is 4.79 Å². The van der Waals surface area contributed by atoms with Gasteiger partial charge in [-0.05, 0) is 26.7 Å². The minimum atomic E-state index is -5.14. The van der Waals surface area contributed by atoms with Gasteiger partial charge in [-0.25, -0.2) is 4.79 Å². The molecule has 1 aromatic carbocycles. The van der Waals surface area contributed by atoms with Gasteiger partial charge in [-0.15, -0.1) is 0 Å². The molecule has 1 unspecified atom stereocenters. The summed E-state index contributed by atoms with van der Waals surface area (Å²) in [4.78, 5) is 28.5. The lowest BCUT2D eigenvalue weighted by atomic mass is 9.93. The molecule has 3 aromatic rings. The molecule has 3 rings (SSSR count). The molecule has 7 nitrogen and oxygen atoms in total. The highest BCUT2D eigenvalue weighted by atomic mass is 19.4. The predicted octanol–water partition coefficient (Wildman–Crippen LogP) is 3.83. The van der Waals surface area contributed by atoms with Crippen LogP contribution in [0.15, 0.2) is 41.3 Å². The first-order chi connectivity index (χ1) is 16.2. The van der Waals surface area contributed by atoms with Crippen molar-refractivity contribution in [1.29, 1.82) is 5.26 Å². The van der Waals surface area contributed by atoms with Crippen LogP contribution in [-0.2, 0) is 17.4 Å². The lowest BCUT2D eigenvalue weighted by Crippen LogP contribution is -2.41. The second-order valence-electron chi connectivity index (χ2n) is 8.64. The van der Waals surface area contributed by atoms with Crippen LogP contribution in [0.5, 0.6) is 0 Å². The molecular weight excluding hydrogens is 463 g/mol. The summed E-state index contributed by atoms with van der Waals surface area (Å²) in [6.07, 6.45) is -4.06. The van der Waals surface area contributed by atoms with E-state index in [1.54, 1.807) is 0 Å². The first kappa shape index (κ1) is 25.6. The molecule has 0 radical (unpaired) electrons. The zero-order chi connectivity index (χ0) is 26.2. The van der Waals surface area contributed by atoms with Crippen molar-refractivity contribution >= 4 is 16.9 Å². The molecule has 0 bridgehead atoms. The summed E-state index contributed by atoms with van der Waals surface area (Å²) in [6, 6.07) is 8.28. The van der Waals surface area contributed by atoms with Gasteiger partial charge in [0.2, 0.25) is 5.60 Å². The van der Waals surface area contributed by atoms with Gasteiger partial charge in [0.1, 0.15) is 11.1 Å². The number of hydrogen-bond acceptors (Lipinski definition) is 5. The van der Waals surface area contributed by atoms with Crippen molar-refractivity contribution in [2.75, 3.05) is 0 Å². The molecule has 0 aliphatic rings. The van der Waals surface area contributed by atoms with Crippen LogP contribution in [0.4, 0.5) is 13.2 Å². The van der Waals surface area contributed by atoms with Crippen LogP contribution in [0.2, 0.25) is 0 Å². The largest absolute Gasteiger partial charge is 0.455 e. The molecule has 0 aliphatic carbocycles. The number of carbonyl (C=O) groups excluding carboxylic acids is 1. The van der Waals surface area contributed by atoms with Crippen LogP contribution in [0.25, 0.3) is 10.9 Å². The number of esters is 1. The number of benzene rings is 1. The van der Waals surface area contributed by atoms with E-state index >= 15 is 0 Å². The Morgan fingerprint density at radius 1 is 1.23 bits per heavy atom. The van der Waals surface area contributed by atoms with E-state index in [1.807, 2.05) is 12.0 Å². The second kappa shape index (κ2) is 8.97. The van der Waals surface area contributed by atoms with E-state index in [2.05, 4.69) is 10.9 Å². The maximum absolute atomic E-state index is 13.9. The van der Waals surface area contributed by atoms with Gasteiger partial charge in [0, 0.05) is 29.9 Å². The zero-order valence-corrected chi connectivity index (χ0v) is 19.4. The minimum Gasteiger partial charge on any atom is -0.455 e. The van der Waals surface area contributed by atoms with Crippen molar-refractivity contribution in [3.8, 4) is 17.9 Å². The van der Waals surface area contributed by atoms with Crippen molar-refractivity contribution in [2.45, 2.75) is 44.6 Å². The van der Waals surface area contributed by atoms with Crippen LogP contribution in [0.1, 0.15) is 47.4 Å². The number of halogens is 3. The normalized spacial score (nSPS) is 13.5. The van der Waals surface area contributed by atoms with Crippen LogP contribution >= 0.6 is 0 Å². The number of carbonyl (C=O) groups is 1. The number of nitriles is 1. The van der Waals surface area contributed by atoms with Crippen molar-refractivity contribution in [3.63, 3.8) is 0 Å². The van der Waals surface area contributed by atoms with E-state index in [0.29, 0.717) is 0 Å². The van der Waals surface area contributed by atoms with Gasteiger partial charge in [0.15, 0.2) is 0 Å². The fraction of sp³-hybridized carbons (Fsp3) is 0.320. The van der Waals surface area contributed by atoms with Crippen LogP contribution in [-0.4, -0.2) is 32.4 Å². The number of alkyl halides is 3. The maximum Gasteiger partial charge on any atom is 0.433 e. The molecule has 0 saturated heterocycles. The number of pyridine rings is 1. The third-order valence-electron chi connectivity index (χ3n) is 5.37. The van der Waals surface area contributed by atoms with Crippen molar-refractivity contribution in [1.82, 2.24) is 9.55 Å². The summed E-state index contributed by atoms with van der Waals surface area (Å²) < 4.78 is 48.3. The molecule has 10 heteroatoms. The third-order valence-corrected chi connectivity index (χ3v) is 5.37. The van der Waals surface area contributed by atoms with Gasteiger partial charge < -0.3 is 19.4 Å². The van der Waals surface area contributed by atoms with Gasteiger partial charge in [0.05, 0.1) is 23.6 Å². The zero-order valence-electron chi connectivity index (χ0n) is 19.4. The molecule has 2 N–H and O–H groups in total. The van der Waals surface area contributed by atoms with E-state index < -0.39 is 34.5 Å².